The van der Waals surface area contributed by atoms with E-state index in [1.54, 1.807) is 11.8 Å². The molecule has 2 aliphatic rings. The van der Waals surface area contributed by atoms with Crippen molar-refractivity contribution in [3.63, 3.8) is 0 Å². The van der Waals surface area contributed by atoms with Gasteiger partial charge in [0, 0.05) is 30.2 Å². The molecule has 2 heterocycles. The van der Waals surface area contributed by atoms with E-state index in [1.165, 1.54) is 22.3 Å². The first-order chi connectivity index (χ1) is 18.0. The Bertz CT molecular complexity index is 1370. The van der Waals surface area contributed by atoms with Gasteiger partial charge in [-0.1, -0.05) is 54.2 Å². The molecule has 0 bridgehead atoms. The number of benzene rings is 3. The summed E-state index contributed by atoms with van der Waals surface area (Å²) < 4.78 is 0. The van der Waals surface area contributed by atoms with Crippen LogP contribution in [0.15, 0.2) is 92.6 Å². The maximum atomic E-state index is 13.9. The maximum absolute atomic E-state index is 13.9. The summed E-state index contributed by atoms with van der Waals surface area (Å²) >= 11 is 3.17. The molecule has 0 aromatic heterocycles. The molecule has 0 N–H and O–H groups in total. The van der Waals surface area contributed by atoms with E-state index < -0.39 is 0 Å². The molecule has 37 heavy (non-hydrogen) atoms. The van der Waals surface area contributed by atoms with Gasteiger partial charge in [-0.2, -0.15) is 0 Å². The number of para-hydroxylation sites is 1. The minimum Gasteiger partial charge on any atom is -0.372 e. The van der Waals surface area contributed by atoms with Gasteiger partial charge in [0.25, 0.3) is 5.91 Å². The van der Waals surface area contributed by atoms with E-state index in [9.17, 15) is 4.79 Å². The molecular weight excluding hydrogens is 496 g/mol. The summed E-state index contributed by atoms with van der Waals surface area (Å²) in [4.78, 5) is 27.3. The summed E-state index contributed by atoms with van der Waals surface area (Å²) in [7, 11) is 0. The summed E-state index contributed by atoms with van der Waals surface area (Å²) in [5, 5.41) is 1.72. The number of rotatable bonds is 7. The van der Waals surface area contributed by atoms with E-state index in [4.69, 9.17) is 4.99 Å². The van der Waals surface area contributed by atoms with Crippen molar-refractivity contribution >= 4 is 51.7 Å². The highest BCUT2D eigenvalue weighted by Gasteiger charge is 2.39. The predicted molar refractivity (Wildman–Crippen MR) is 159 cm³/mol. The molecule has 1 amide bonds. The molecule has 0 spiro atoms. The Morgan fingerprint density at radius 3 is 2.30 bits per heavy atom. The van der Waals surface area contributed by atoms with Gasteiger partial charge < -0.3 is 9.80 Å². The monoisotopic (exact) mass is 528 g/mol. The number of aryl methyl sites for hydroxylation is 1. The topological polar surface area (TPSA) is 39.1 Å². The molecular formula is C30H32N4OS2. The van der Waals surface area contributed by atoms with Gasteiger partial charge in [0.05, 0.1) is 17.9 Å². The Morgan fingerprint density at radius 1 is 0.865 bits per heavy atom. The van der Waals surface area contributed by atoms with Crippen LogP contribution in [0, 0.1) is 6.92 Å². The zero-order valence-corrected chi connectivity index (χ0v) is 23.4. The molecule has 0 saturated carbocycles. The van der Waals surface area contributed by atoms with Gasteiger partial charge in [-0.15, -0.1) is 0 Å². The molecule has 3 aromatic carbocycles. The summed E-state index contributed by atoms with van der Waals surface area (Å²) in [6, 6.07) is 24.9. The SMILES string of the molecule is CCN(CC)c1ccc(N=C2SC(=C3Sc4ccccc4N3CC)C(=O)N2Cc2ccccc2)c(C)c1. The van der Waals surface area contributed by atoms with Crippen LogP contribution >= 0.6 is 23.5 Å². The van der Waals surface area contributed by atoms with Gasteiger partial charge in [-0.05, 0) is 80.9 Å². The third kappa shape index (κ3) is 5.03. The van der Waals surface area contributed by atoms with Crippen molar-refractivity contribution in [2.45, 2.75) is 39.1 Å². The Morgan fingerprint density at radius 2 is 1.59 bits per heavy atom. The number of fused-ring (bicyclic) bond motifs is 1. The molecule has 5 nitrogen and oxygen atoms in total. The lowest BCUT2D eigenvalue weighted by Crippen LogP contribution is -2.29. The van der Waals surface area contributed by atoms with Crippen LogP contribution in [0.25, 0.3) is 0 Å². The molecule has 1 fully saturated rings. The Labute approximate surface area is 228 Å². The molecule has 0 unspecified atom stereocenters. The maximum Gasteiger partial charge on any atom is 0.269 e. The van der Waals surface area contributed by atoms with Crippen molar-refractivity contribution in [2.75, 3.05) is 29.4 Å². The molecule has 7 heteroatoms. The number of carbonyl (C=O) groups excluding carboxylic acids is 1. The number of amidine groups is 1. The summed E-state index contributed by atoms with van der Waals surface area (Å²) in [6.45, 7) is 11.8. The molecule has 1 saturated heterocycles. The van der Waals surface area contributed by atoms with Crippen molar-refractivity contribution < 1.29 is 4.79 Å². The Balaban J connectivity index is 1.55. The molecule has 3 aromatic rings. The second kappa shape index (κ2) is 11.1. The molecule has 5 rings (SSSR count). The normalized spacial score (nSPS) is 18.2. The van der Waals surface area contributed by atoms with Gasteiger partial charge in [0.1, 0.15) is 9.93 Å². The third-order valence-corrected chi connectivity index (χ3v) is 9.07. The smallest absolute Gasteiger partial charge is 0.269 e. The van der Waals surface area contributed by atoms with E-state index in [-0.39, 0.29) is 5.91 Å². The molecule has 0 atom stereocenters. The number of aliphatic imine (C=N–C) groups is 1. The molecule has 0 radical (unpaired) electrons. The summed E-state index contributed by atoms with van der Waals surface area (Å²) in [6.07, 6.45) is 0. The number of thioether (sulfide) groups is 2. The van der Waals surface area contributed by atoms with Crippen LogP contribution in [0.2, 0.25) is 0 Å². The van der Waals surface area contributed by atoms with Crippen LogP contribution in [-0.2, 0) is 11.3 Å². The van der Waals surface area contributed by atoms with Gasteiger partial charge >= 0.3 is 0 Å². The van der Waals surface area contributed by atoms with Crippen LogP contribution in [0.4, 0.5) is 17.1 Å². The first-order valence-corrected chi connectivity index (χ1v) is 14.4. The van der Waals surface area contributed by atoms with E-state index in [2.05, 4.69) is 92.1 Å². The van der Waals surface area contributed by atoms with Crippen LogP contribution in [-0.4, -0.2) is 35.6 Å². The third-order valence-electron chi connectivity index (χ3n) is 6.69. The highest BCUT2D eigenvalue weighted by molar-refractivity contribution is 8.19. The Hall–Kier alpha value is -3.16. The number of nitrogens with zero attached hydrogens (tertiary/aromatic N) is 4. The number of anilines is 2. The molecule has 2 aliphatic heterocycles. The average molecular weight is 529 g/mol. The quantitative estimate of drug-likeness (QED) is 0.299. The minimum absolute atomic E-state index is 0.0128. The van der Waals surface area contributed by atoms with Crippen molar-refractivity contribution in [2.24, 2.45) is 4.99 Å². The lowest BCUT2D eigenvalue weighted by atomic mass is 10.1. The number of hydrogen-bond acceptors (Lipinski definition) is 6. The zero-order chi connectivity index (χ0) is 25.9. The fraction of sp³-hybridized carbons (Fsp3) is 0.267. The van der Waals surface area contributed by atoms with Crippen LogP contribution < -0.4 is 9.80 Å². The summed E-state index contributed by atoms with van der Waals surface area (Å²) in [5.74, 6) is 0.0128. The van der Waals surface area contributed by atoms with E-state index >= 15 is 0 Å². The van der Waals surface area contributed by atoms with Crippen molar-refractivity contribution in [1.82, 2.24) is 4.90 Å². The highest BCUT2D eigenvalue weighted by atomic mass is 32.2. The zero-order valence-electron chi connectivity index (χ0n) is 21.8. The first-order valence-electron chi connectivity index (χ1n) is 12.8. The highest BCUT2D eigenvalue weighted by Crippen LogP contribution is 2.50. The van der Waals surface area contributed by atoms with E-state index in [0.29, 0.717) is 6.54 Å². The summed E-state index contributed by atoms with van der Waals surface area (Å²) in [5.41, 5.74) is 5.44. The molecule has 190 valence electrons. The van der Waals surface area contributed by atoms with Crippen LogP contribution in [0.3, 0.4) is 0 Å². The minimum atomic E-state index is 0.0128. The van der Waals surface area contributed by atoms with Crippen molar-refractivity contribution in [3.8, 4) is 0 Å². The lowest BCUT2D eigenvalue weighted by Gasteiger charge is -2.22. The fourth-order valence-corrected chi connectivity index (χ4v) is 7.08. The van der Waals surface area contributed by atoms with Crippen molar-refractivity contribution in [1.29, 1.82) is 0 Å². The largest absolute Gasteiger partial charge is 0.372 e. The van der Waals surface area contributed by atoms with Crippen LogP contribution in [0.5, 0.6) is 0 Å². The number of hydrogen-bond donors (Lipinski definition) is 0. The second-order valence-corrected chi connectivity index (χ2v) is 11.0. The molecule has 0 aliphatic carbocycles. The number of amides is 1. The van der Waals surface area contributed by atoms with Crippen LogP contribution in [0.1, 0.15) is 31.9 Å². The predicted octanol–water partition coefficient (Wildman–Crippen LogP) is 7.41. The van der Waals surface area contributed by atoms with E-state index in [0.717, 1.165) is 57.2 Å². The standard InChI is InChI=1S/C30H32N4OS2/c1-5-32(6-2)23-17-18-24(21(4)19-23)31-30-34(20-22-13-9-8-10-14-22)28(35)27(37-30)29-33(7-3)25-15-11-12-16-26(25)36-29/h8-19H,5-7,20H2,1-4H3. The Kier molecular flexibility index (Phi) is 7.63. The lowest BCUT2D eigenvalue weighted by molar-refractivity contribution is -0.122. The first kappa shape index (κ1) is 25.5. The fourth-order valence-electron chi connectivity index (χ4n) is 4.69. The van der Waals surface area contributed by atoms with Gasteiger partial charge in [0.15, 0.2) is 5.17 Å². The van der Waals surface area contributed by atoms with E-state index in [1.807, 2.05) is 23.1 Å². The van der Waals surface area contributed by atoms with Gasteiger partial charge in [-0.3, -0.25) is 9.69 Å². The average Bonchev–Trinajstić information content (AvgIpc) is 3.44. The van der Waals surface area contributed by atoms with Gasteiger partial charge in [-0.25, -0.2) is 4.99 Å². The number of carbonyl (C=O) groups is 1. The second-order valence-electron chi connectivity index (χ2n) is 8.96. The van der Waals surface area contributed by atoms with Gasteiger partial charge in [0.2, 0.25) is 0 Å². The van der Waals surface area contributed by atoms with Crippen molar-refractivity contribution in [3.05, 3.63) is 93.9 Å².